The smallest absolute Gasteiger partial charge is 0.220 e. The molecule has 0 spiro atoms. The van der Waals surface area contributed by atoms with Crippen LogP contribution in [0.5, 0.6) is 0 Å². The summed E-state index contributed by atoms with van der Waals surface area (Å²) in [6, 6.07) is 14.6. The van der Waals surface area contributed by atoms with Crippen molar-refractivity contribution in [1.82, 2.24) is 20.2 Å². The van der Waals surface area contributed by atoms with Crippen molar-refractivity contribution in [2.45, 2.75) is 43.5 Å². The van der Waals surface area contributed by atoms with E-state index in [2.05, 4.69) is 15.5 Å². The van der Waals surface area contributed by atoms with Gasteiger partial charge in [0, 0.05) is 24.3 Å². The first-order valence-electron chi connectivity index (χ1n) is 11.0. The Morgan fingerprint density at radius 3 is 2.21 bits per heavy atom. The Bertz CT molecular complexity index is 1210. The van der Waals surface area contributed by atoms with E-state index < -0.39 is 9.84 Å². The van der Waals surface area contributed by atoms with Crippen molar-refractivity contribution in [3.8, 4) is 0 Å². The number of aryl methyl sites for hydroxylation is 2. The second-order valence-corrected chi connectivity index (χ2v) is 10.7. The van der Waals surface area contributed by atoms with Crippen LogP contribution in [0.2, 0.25) is 0 Å². The maximum absolute atomic E-state index is 13.1. The van der Waals surface area contributed by atoms with Crippen molar-refractivity contribution in [2.24, 2.45) is 11.7 Å². The van der Waals surface area contributed by atoms with E-state index >= 15 is 0 Å². The number of quaternary nitrogens is 1. The zero-order valence-corrected chi connectivity index (χ0v) is 19.6. The summed E-state index contributed by atoms with van der Waals surface area (Å²) >= 11 is 0. The lowest BCUT2D eigenvalue weighted by molar-refractivity contribution is -0.931. The van der Waals surface area contributed by atoms with Crippen LogP contribution >= 0.6 is 0 Å². The molecule has 174 valence electrons. The third-order valence-corrected chi connectivity index (χ3v) is 7.91. The van der Waals surface area contributed by atoms with Gasteiger partial charge in [0.05, 0.1) is 18.0 Å². The minimum atomic E-state index is -3.65. The Morgan fingerprint density at radius 1 is 1.06 bits per heavy atom. The van der Waals surface area contributed by atoms with E-state index in [0.29, 0.717) is 31.8 Å². The molecule has 10 heteroatoms. The Hall–Kier alpha value is -3.11. The van der Waals surface area contributed by atoms with E-state index in [4.69, 9.17) is 5.73 Å². The topological polar surface area (TPSA) is 125 Å². The molecular weight excluding hydrogens is 440 g/mol. The molecule has 1 aliphatic rings. The van der Waals surface area contributed by atoms with E-state index in [0.717, 1.165) is 16.7 Å². The summed E-state index contributed by atoms with van der Waals surface area (Å²) < 4.78 is 27.6. The van der Waals surface area contributed by atoms with Crippen LogP contribution in [0.3, 0.4) is 0 Å². The van der Waals surface area contributed by atoms with Crippen LogP contribution in [-0.2, 0) is 20.5 Å². The maximum atomic E-state index is 13.1. The molecule has 2 aromatic carbocycles. The highest BCUT2D eigenvalue weighted by atomic mass is 32.2. The number of hydrogen-bond acceptors (Lipinski definition) is 6. The Morgan fingerprint density at radius 2 is 1.64 bits per heavy atom. The number of nitrogens with one attached hydrogen (secondary N) is 1. The predicted octanol–water partition coefficient (Wildman–Crippen LogP) is 0.591. The lowest BCUT2D eigenvalue weighted by Crippen LogP contribution is -3.13. The first-order valence-corrected chi connectivity index (χ1v) is 12.7. The number of piperidine rings is 1. The molecule has 0 radical (unpaired) electrons. The Labute approximate surface area is 193 Å². The SMILES string of the molecule is Cc1ccc([C@@H](c2nnnn2CS(=O)(=O)c2ccc(C)cc2)[NH+]2CCC(C(N)=O)CC2)cc1. The van der Waals surface area contributed by atoms with E-state index in [1.165, 1.54) is 9.58 Å². The summed E-state index contributed by atoms with van der Waals surface area (Å²) in [5.74, 6) is -0.264. The van der Waals surface area contributed by atoms with Crippen LogP contribution in [-0.4, -0.2) is 47.6 Å². The molecule has 1 aliphatic heterocycles. The summed E-state index contributed by atoms with van der Waals surface area (Å²) in [5.41, 5.74) is 8.63. The number of likely N-dealkylation sites (tertiary alicyclic amines) is 1. The highest BCUT2D eigenvalue weighted by molar-refractivity contribution is 7.90. The molecule has 1 amide bonds. The number of carbonyl (C=O) groups is 1. The largest absolute Gasteiger partial charge is 0.369 e. The second kappa shape index (κ2) is 9.40. The molecule has 0 aliphatic carbocycles. The van der Waals surface area contributed by atoms with Gasteiger partial charge in [0.1, 0.15) is 0 Å². The molecule has 0 unspecified atom stereocenters. The van der Waals surface area contributed by atoms with Crippen molar-refractivity contribution in [2.75, 3.05) is 13.1 Å². The third kappa shape index (κ3) is 5.12. The van der Waals surface area contributed by atoms with Crippen molar-refractivity contribution >= 4 is 15.7 Å². The number of carbonyl (C=O) groups excluding carboxylic acids is 1. The fourth-order valence-corrected chi connectivity index (χ4v) is 5.59. The fourth-order valence-electron chi connectivity index (χ4n) is 4.38. The number of sulfone groups is 1. The molecule has 1 fully saturated rings. The number of aromatic nitrogens is 4. The minimum Gasteiger partial charge on any atom is -0.369 e. The van der Waals surface area contributed by atoms with Gasteiger partial charge in [-0.05, 0) is 36.4 Å². The van der Waals surface area contributed by atoms with Crippen LogP contribution in [0.1, 0.15) is 41.4 Å². The van der Waals surface area contributed by atoms with Crippen molar-refractivity contribution in [1.29, 1.82) is 0 Å². The van der Waals surface area contributed by atoms with Crippen molar-refractivity contribution in [3.05, 3.63) is 71.0 Å². The molecule has 0 bridgehead atoms. The van der Waals surface area contributed by atoms with Crippen molar-refractivity contribution < 1.29 is 18.1 Å². The zero-order valence-electron chi connectivity index (χ0n) is 18.8. The van der Waals surface area contributed by atoms with Crippen LogP contribution in [0.25, 0.3) is 0 Å². The molecule has 4 rings (SSSR count). The molecule has 2 heterocycles. The number of rotatable bonds is 7. The Balaban J connectivity index is 1.67. The normalized spacial score (nSPS) is 19.8. The van der Waals surface area contributed by atoms with E-state index in [1.807, 2.05) is 38.1 Å². The van der Waals surface area contributed by atoms with E-state index in [9.17, 15) is 13.2 Å². The van der Waals surface area contributed by atoms with Gasteiger partial charge >= 0.3 is 0 Å². The lowest BCUT2D eigenvalue weighted by Gasteiger charge is -2.33. The van der Waals surface area contributed by atoms with Gasteiger partial charge in [-0.2, -0.15) is 0 Å². The number of nitrogens with zero attached hydrogens (tertiary/aromatic N) is 4. The molecule has 1 atom stereocenters. The Kier molecular flexibility index (Phi) is 6.57. The average molecular weight is 470 g/mol. The number of tetrazole rings is 1. The summed E-state index contributed by atoms with van der Waals surface area (Å²) in [6.45, 7) is 5.35. The van der Waals surface area contributed by atoms with Crippen LogP contribution < -0.4 is 10.6 Å². The number of benzene rings is 2. The van der Waals surface area contributed by atoms with Gasteiger partial charge in [0.2, 0.25) is 11.7 Å². The predicted molar refractivity (Wildman–Crippen MR) is 122 cm³/mol. The molecule has 3 aromatic rings. The number of nitrogens with two attached hydrogens (primary N) is 1. The van der Waals surface area contributed by atoms with Gasteiger partial charge in [0.25, 0.3) is 0 Å². The maximum Gasteiger partial charge on any atom is 0.220 e. The van der Waals surface area contributed by atoms with Gasteiger partial charge in [-0.25, -0.2) is 13.1 Å². The number of hydrogen-bond donors (Lipinski definition) is 2. The first kappa shape index (κ1) is 23.1. The highest BCUT2D eigenvalue weighted by Crippen LogP contribution is 2.22. The zero-order chi connectivity index (χ0) is 23.6. The standard InChI is InChI=1S/C23H28N6O3S/c1-16-3-7-18(8-4-16)21(28-13-11-19(12-14-28)22(24)30)23-25-26-27-29(23)15-33(31,32)20-9-5-17(2)6-10-20/h3-10,19,21H,11-15H2,1-2H3,(H2,24,30)/p+1/t21-/m0/s1. The number of amides is 1. The van der Waals surface area contributed by atoms with E-state index in [-0.39, 0.29) is 28.6 Å². The third-order valence-electron chi connectivity index (χ3n) is 6.34. The van der Waals surface area contributed by atoms with Crippen LogP contribution in [0.15, 0.2) is 53.4 Å². The second-order valence-electron chi connectivity index (χ2n) is 8.77. The minimum absolute atomic E-state index is 0.134. The monoisotopic (exact) mass is 469 g/mol. The molecule has 0 saturated carbocycles. The lowest BCUT2D eigenvalue weighted by atomic mass is 9.93. The molecule has 9 nitrogen and oxygen atoms in total. The summed E-state index contributed by atoms with van der Waals surface area (Å²) in [4.78, 5) is 13.1. The first-order chi connectivity index (χ1) is 15.7. The van der Waals surface area contributed by atoms with Crippen LogP contribution in [0.4, 0.5) is 0 Å². The molecule has 1 aromatic heterocycles. The molecular formula is C23H29N6O3S+. The van der Waals surface area contributed by atoms with Crippen LogP contribution in [0, 0.1) is 19.8 Å². The molecule has 3 N–H and O–H groups in total. The van der Waals surface area contributed by atoms with Gasteiger partial charge in [-0.1, -0.05) is 47.5 Å². The van der Waals surface area contributed by atoms with Gasteiger partial charge in [0.15, 0.2) is 21.8 Å². The van der Waals surface area contributed by atoms with Gasteiger partial charge < -0.3 is 10.6 Å². The van der Waals surface area contributed by atoms with Crippen molar-refractivity contribution in [3.63, 3.8) is 0 Å². The summed E-state index contributed by atoms with van der Waals surface area (Å²) in [5, 5.41) is 12.1. The average Bonchev–Trinajstić information content (AvgIpc) is 3.23. The quantitative estimate of drug-likeness (QED) is 0.522. The highest BCUT2D eigenvalue weighted by Gasteiger charge is 2.36. The number of primary amides is 1. The molecule has 33 heavy (non-hydrogen) atoms. The fraction of sp³-hybridized carbons (Fsp3) is 0.391. The molecule has 1 saturated heterocycles. The summed E-state index contributed by atoms with van der Waals surface area (Å²) in [6.07, 6.45) is 1.35. The van der Waals surface area contributed by atoms with E-state index in [1.54, 1.807) is 24.3 Å². The summed E-state index contributed by atoms with van der Waals surface area (Å²) in [7, 11) is -3.65. The van der Waals surface area contributed by atoms with Gasteiger partial charge in [-0.3, -0.25) is 4.79 Å². The van der Waals surface area contributed by atoms with Gasteiger partial charge in [-0.15, -0.1) is 5.10 Å².